The van der Waals surface area contributed by atoms with E-state index in [9.17, 15) is 0 Å². The van der Waals surface area contributed by atoms with Crippen molar-refractivity contribution in [2.75, 3.05) is 9.80 Å². The number of anilines is 5. The minimum absolute atomic E-state index is 0.0533. The molecule has 6 bridgehead atoms. The minimum Gasteiger partial charge on any atom is -0.454 e. The van der Waals surface area contributed by atoms with Crippen molar-refractivity contribution in [2.45, 2.75) is 42.6 Å². The number of hydrogen-bond acceptors (Lipinski definition) is 3. The first-order valence-corrected chi connectivity index (χ1v) is 26.4. The molecule has 0 radical (unpaired) electrons. The molecule has 0 N–H and O–H groups in total. The summed E-state index contributed by atoms with van der Waals surface area (Å²) in [5, 5.41) is 2.27. The average Bonchev–Trinajstić information content (AvgIpc) is 4.00. The van der Waals surface area contributed by atoms with Crippen LogP contribution in [-0.2, 0) is 18.3 Å². The third kappa shape index (κ3) is 5.84. The van der Waals surface area contributed by atoms with Crippen molar-refractivity contribution >= 4 is 50.4 Å². The van der Waals surface area contributed by atoms with E-state index >= 15 is 0 Å². The second-order valence-corrected chi connectivity index (χ2v) is 21.0. The van der Waals surface area contributed by atoms with E-state index in [1.807, 2.05) is 0 Å². The standard InChI is InChI=1S/C71H50N2O/c1-4-21-46(22-5-1)49-41-45-20-16-23-47(40-45)50-43-61-67(65(44-50)73(52-27-8-3-9-28-52)64-39-18-33-54-53-32-17-24-48(42-49)69(53)74-70(54)64)56-30-11-14-35-59(56)71(61)58-34-13-10-29-55(58)66-57-31-12-15-37-62(57)72(51-25-6-2-7-26-51)63-38-19-36-60(71)68(63)66/h1-25,27-40,43-44,49,51,66H,26,41-42H2. The van der Waals surface area contributed by atoms with Gasteiger partial charge < -0.3 is 14.2 Å². The van der Waals surface area contributed by atoms with E-state index in [0.717, 1.165) is 58.3 Å². The number of fused-ring (bicyclic) bond motifs is 18. The maximum absolute atomic E-state index is 7.41. The molecule has 4 unspecified atom stereocenters. The Labute approximate surface area is 431 Å². The second kappa shape index (κ2) is 16.0. The average molecular weight is 947 g/mol. The van der Waals surface area contributed by atoms with Gasteiger partial charge in [-0.3, -0.25) is 0 Å². The third-order valence-corrected chi connectivity index (χ3v) is 17.2. The largest absolute Gasteiger partial charge is 0.454 e. The summed E-state index contributed by atoms with van der Waals surface area (Å²) in [5.41, 5.74) is 25.2. The first-order valence-electron chi connectivity index (χ1n) is 26.4. The van der Waals surface area contributed by atoms with E-state index in [0.29, 0.717) is 0 Å². The van der Waals surface area contributed by atoms with Crippen LogP contribution in [0.4, 0.5) is 28.4 Å². The van der Waals surface area contributed by atoms with Gasteiger partial charge in [-0.1, -0.05) is 206 Å². The van der Waals surface area contributed by atoms with Crippen LogP contribution in [0.25, 0.3) is 44.2 Å². The smallest absolute Gasteiger partial charge is 0.159 e. The van der Waals surface area contributed by atoms with Crippen LogP contribution in [0.15, 0.2) is 253 Å². The van der Waals surface area contributed by atoms with Crippen LogP contribution in [0.1, 0.15) is 73.9 Å². The van der Waals surface area contributed by atoms with E-state index < -0.39 is 5.41 Å². The number of hydrogen-bond donors (Lipinski definition) is 0. The molecular formula is C71H50N2O. The summed E-state index contributed by atoms with van der Waals surface area (Å²) in [5.74, 6) is 0.280. The minimum atomic E-state index is -0.670. The summed E-state index contributed by atoms with van der Waals surface area (Å²) < 4.78 is 7.41. The molecule has 11 aromatic rings. The van der Waals surface area contributed by atoms with Crippen LogP contribution in [0.5, 0.6) is 0 Å². The fraction of sp³-hybridized carbons (Fsp3) is 0.0986. The number of furan rings is 1. The Balaban J connectivity index is 1.05. The van der Waals surface area contributed by atoms with Crippen LogP contribution in [0.2, 0.25) is 0 Å². The maximum Gasteiger partial charge on any atom is 0.159 e. The van der Waals surface area contributed by atoms with Gasteiger partial charge in [0.25, 0.3) is 0 Å². The molecule has 3 heterocycles. The number of nitrogens with zero attached hydrogens (tertiary/aromatic N) is 2. The fourth-order valence-corrected chi connectivity index (χ4v) is 14.3. The Hall–Kier alpha value is -8.92. The van der Waals surface area contributed by atoms with Gasteiger partial charge in [0.05, 0.1) is 22.8 Å². The molecule has 3 heteroatoms. The van der Waals surface area contributed by atoms with E-state index in [1.165, 1.54) is 89.3 Å². The lowest BCUT2D eigenvalue weighted by Crippen LogP contribution is -2.41. The lowest BCUT2D eigenvalue weighted by Gasteiger charge is -2.49. The Morgan fingerprint density at radius 3 is 2.04 bits per heavy atom. The number of benzene rings is 10. The van der Waals surface area contributed by atoms with E-state index in [2.05, 4.69) is 259 Å². The van der Waals surface area contributed by atoms with Crippen molar-refractivity contribution in [1.29, 1.82) is 0 Å². The molecule has 4 atom stereocenters. The zero-order chi connectivity index (χ0) is 48.5. The second-order valence-electron chi connectivity index (χ2n) is 21.0. The summed E-state index contributed by atoms with van der Waals surface area (Å²) in [4.78, 5) is 5.16. The maximum atomic E-state index is 7.41. The highest BCUT2D eigenvalue weighted by molar-refractivity contribution is 6.12. The van der Waals surface area contributed by atoms with Gasteiger partial charge in [-0.25, -0.2) is 0 Å². The van der Waals surface area contributed by atoms with Gasteiger partial charge in [-0.15, -0.1) is 0 Å². The highest BCUT2D eigenvalue weighted by Gasteiger charge is 2.55. The van der Waals surface area contributed by atoms with E-state index in [-0.39, 0.29) is 17.9 Å². The molecule has 350 valence electrons. The molecule has 10 aromatic carbocycles. The van der Waals surface area contributed by atoms with Crippen molar-refractivity contribution in [3.63, 3.8) is 0 Å². The van der Waals surface area contributed by atoms with Gasteiger partial charge >= 0.3 is 0 Å². The Morgan fingerprint density at radius 2 is 1.18 bits per heavy atom. The molecule has 5 aliphatic rings. The fourth-order valence-electron chi connectivity index (χ4n) is 14.3. The van der Waals surface area contributed by atoms with E-state index in [1.54, 1.807) is 0 Å². The molecular weight excluding hydrogens is 897 g/mol. The molecule has 0 saturated heterocycles. The molecule has 0 saturated carbocycles. The highest BCUT2D eigenvalue weighted by atomic mass is 16.3. The van der Waals surface area contributed by atoms with Crippen molar-refractivity contribution in [1.82, 2.24) is 0 Å². The summed E-state index contributed by atoms with van der Waals surface area (Å²) in [6.45, 7) is 0. The molecule has 74 heavy (non-hydrogen) atoms. The first kappa shape index (κ1) is 41.7. The zero-order valence-corrected chi connectivity index (χ0v) is 40.8. The molecule has 0 amide bonds. The van der Waals surface area contributed by atoms with Crippen molar-refractivity contribution in [3.05, 3.63) is 304 Å². The molecule has 0 fully saturated rings. The molecule has 3 aliphatic carbocycles. The summed E-state index contributed by atoms with van der Waals surface area (Å²) >= 11 is 0. The van der Waals surface area contributed by atoms with Crippen molar-refractivity contribution in [2.24, 2.45) is 0 Å². The van der Waals surface area contributed by atoms with Gasteiger partial charge in [-0.05, 0) is 140 Å². The number of allylic oxidation sites excluding steroid dienone is 2. The number of rotatable bonds is 3. The Bertz CT molecular complexity index is 4160. The van der Waals surface area contributed by atoms with Gasteiger partial charge in [0.2, 0.25) is 0 Å². The lowest BCUT2D eigenvalue weighted by molar-refractivity contribution is 0.641. The predicted octanol–water partition coefficient (Wildman–Crippen LogP) is 17.8. The van der Waals surface area contributed by atoms with Gasteiger partial charge in [0.1, 0.15) is 5.58 Å². The van der Waals surface area contributed by atoms with Crippen LogP contribution < -0.4 is 9.80 Å². The summed E-state index contributed by atoms with van der Waals surface area (Å²) in [7, 11) is 0. The number of para-hydroxylation sites is 4. The topological polar surface area (TPSA) is 19.6 Å². The van der Waals surface area contributed by atoms with Gasteiger partial charge in [-0.2, -0.15) is 0 Å². The Kier molecular flexibility index (Phi) is 9.03. The molecule has 16 rings (SSSR count). The Morgan fingerprint density at radius 1 is 0.473 bits per heavy atom. The SMILES string of the molecule is C1=CCC(N2c3ccccc3C3c4ccccc4C4(c5ccccc5-c5c6cc(cc54)-c4cccc(c4)CC(c4ccccc4)Cc4cccc5c4oc4c(cccc45)N6c4ccccc4)c4cccc2c43)C=C1. The molecule has 1 aromatic heterocycles. The van der Waals surface area contributed by atoms with Crippen LogP contribution in [0.3, 0.4) is 0 Å². The zero-order valence-electron chi connectivity index (χ0n) is 40.8. The van der Waals surface area contributed by atoms with Crippen LogP contribution in [0, 0.1) is 0 Å². The monoisotopic (exact) mass is 946 g/mol. The van der Waals surface area contributed by atoms with Crippen molar-refractivity contribution in [3.8, 4) is 22.3 Å². The third-order valence-electron chi connectivity index (χ3n) is 17.2. The summed E-state index contributed by atoms with van der Waals surface area (Å²) in [6.07, 6.45) is 11.8. The highest BCUT2D eigenvalue weighted by Crippen LogP contribution is 2.67. The summed E-state index contributed by atoms with van der Waals surface area (Å²) in [6, 6.07) is 85.5. The quantitative estimate of drug-likeness (QED) is 0.176. The normalized spacial score (nSPS) is 19.5. The molecule has 1 spiro atoms. The predicted molar refractivity (Wildman–Crippen MR) is 304 cm³/mol. The molecule has 2 aliphatic heterocycles. The first-order chi connectivity index (χ1) is 36.7. The molecule has 3 nitrogen and oxygen atoms in total. The van der Waals surface area contributed by atoms with Gasteiger partial charge in [0.15, 0.2) is 5.58 Å². The van der Waals surface area contributed by atoms with E-state index in [4.69, 9.17) is 4.42 Å². The van der Waals surface area contributed by atoms with Crippen molar-refractivity contribution < 1.29 is 4.42 Å². The van der Waals surface area contributed by atoms with Crippen LogP contribution >= 0.6 is 0 Å². The lowest BCUT2D eigenvalue weighted by atomic mass is 9.57. The van der Waals surface area contributed by atoms with Crippen LogP contribution in [-0.4, -0.2) is 6.04 Å². The van der Waals surface area contributed by atoms with Gasteiger partial charge in [0, 0.05) is 39.3 Å².